The number of fused-ring (bicyclic) bond motifs is 2. The third-order valence-corrected chi connectivity index (χ3v) is 9.75. The minimum Gasteiger partial charge on any atom is -0.385 e. The number of carbonyl (C=O) groups is 4. The highest BCUT2D eigenvalue weighted by atomic mass is 19.1. The van der Waals surface area contributed by atoms with E-state index in [1.807, 2.05) is 24.3 Å². The van der Waals surface area contributed by atoms with Crippen LogP contribution in [0.15, 0.2) is 59.5 Å². The molecule has 5 aromatic rings. The molecule has 15 nitrogen and oxygen atoms in total. The average Bonchev–Trinajstić information content (AvgIpc) is 3.56. The number of alkyl halides is 1. The summed E-state index contributed by atoms with van der Waals surface area (Å²) in [6.45, 7) is 0.525. The maximum absolute atomic E-state index is 13.4. The van der Waals surface area contributed by atoms with E-state index in [4.69, 9.17) is 0 Å². The summed E-state index contributed by atoms with van der Waals surface area (Å²) in [4.78, 5) is 67.1. The summed E-state index contributed by atoms with van der Waals surface area (Å²) in [6, 6.07) is 13.4. The number of benzene rings is 2. The normalized spacial score (nSPS) is 18.2. The number of imidazole rings is 2. The lowest BCUT2D eigenvalue weighted by Gasteiger charge is -2.21. The van der Waals surface area contributed by atoms with Gasteiger partial charge in [0.15, 0.2) is 17.2 Å². The SMILES string of the molecule is CNc1cc(Nc2cccc(C(=O)NCCCCCCc3ccc4c(c3)n(C)c(=O)n4C3CCC(=O)NC3=O)c2)nn2c(C(=O)N[C@@H]3C[C@@H]3F)cnc12. The van der Waals surface area contributed by atoms with Crippen molar-refractivity contribution in [3.05, 3.63) is 82.0 Å². The molecule has 2 aliphatic rings. The van der Waals surface area contributed by atoms with E-state index in [2.05, 4.69) is 36.7 Å². The van der Waals surface area contributed by atoms with Crippen molar-refractivity contribution in [1.29, 1.82) is 0 Å². The Hall–Kier alpha value is -6.06. The third-order valence-electron chi connectivity index (χ3n) is 9.75. The average molecular weight is 725 g/mol. The van der Waals surface area contributed by atoms with Crippen LogP contribution in [-0.2, 0) is 23.1 Å². The van der Waals surface area contributed by atoms with Crippen molar-refractivity contribution in [2.45, 2.75) is 69.6 Å². The smallest absolute Gasteiger partial charge is 0.329 e. The van der Waals surface area contributed by atoms with Gasteiger partial charge in [-0.2, -0.15) is 0 Å². The van der Waals surface area contributed by atoms with E-state index in [0.717, 1.165) is 43.2 Å². The van der Waals surface area contributed by atoms with Crippen molar-refractivity contribution in [2.24, 2.45) is 7.05 Å². The third kappa shape index (κ3) is 7.47. The zero-order valence-electron chi connectivity index (χ0n) is 29.4. The minimum absolute atomic E-state index is 0.182. The molecular formula is C37H41FN10O5. The lowest BCUT2D eigenvalue weighted by Crippen LogP contribution is -2.44. The Morgan fingerprint density at radius 2 is 1.81 bits per heavy atom. The molecular weight excluding hydrogens is 683 g/mol. The minimum atomic E-state index is -1.03. The maximum atomic E-state index is 13.4. The van der Waals surface area contributed by atoms with Gasteiger partial charge in [0.05, 0.1) is 29.0 Å². The summed E-state index contributed by atoms with van der Waals surface area (Å²) in [6.07, 6.45) is 5.64. The summed E-state index contributed by atoms with van der Waals surface area (Å²) in [5.41, 5.74) is 4.58. The second-order valence-electron chi connectivity index (χ2n) is 13.5. The summed E-state index contributed by atoms with van der Waals surface area (Å²) in [7, 11) is 3.42. The fourth-order valence-corrected chi connectivity index (χ4v) is 6.72. The number of nitrogens with one attached hydrogen (secondary N) is 5. The summed E-state index contributed by atoms with van der Waals surface area (Å²) in [5.74, 6) is -1.01. The number of amides is 4. The van der Waals surface area contributed by atoms with Gasteiger partial charge in [0.25, 0.3) is 11.8 Å². The second-order valence-corrected chi connectivity index (χ2v) is 13.5. The van der Waals surface area contributed by atoms with Crippen LogP contribution in [0.2, 0.25) is 0 Å². The summed E-state index contributed by atoms with van der Waals surface area (Å²) < 4.78 is 17.8. The molecule has 4 amide bonds. The van der Waals surface area contributed by atoms with E-state index in [1.54, 1.807) is 42.9 Å². The zero-order chi connectivity index (χ0) is 37.2. The van der Waals surface area contributed by atoms with E-state index >= 15 is 0 Å². The van der Waals surface area contributed by atoms with Crippen LogP contribution in [0, 0.1) is 0 Å². The number of piperidine rings is 1. The van der Waals surface area contributed by atoms with E-state index in [1.165, 1.54) is 15.3 Å². The highest BCUT2D eigenvalue weighted by Crippen LogP contribution is 2.27. The van der Waals surface area contributed by atoms with Crippen LogP contribution >= 0.6 is 0 Å². The molecule has 1 aliphatic carbocycles. The van der Waals surface area contributed by atoms with Gasteiger partial charge in [-0.05, 0) is 61.6 Å². The number of aryl methyl sites for hydroxylation is 2. The first-order chi connectivity index (χ1) is 25.6. The van der Waals surface area contributed by atoms with Gasteiger partial charge in [0.2, 0.25) is 11.8 Å². The second kappa shape index (κ2) is 14.9. The number of hydrogen-bond acceptors (Lipinski definition) is 9. The quantitative estimate of drug-likeness (QED) is 0.0845. The molecule has 1 saturated heterocycles. The number of hydrogen-bond donors (Lipinski definition) is 5. The van der Waals surface area contributed by atoms with Crippen molar-refractivity contribution in [3.8, 4) is 0 Å². The fourth-order valence-electron chi connectivity index (χ4n) is 6.72. The van der Waals surface area contributed by atoms with Crippen LogP contribution in [0.25, 0.3) is 16.7 Å². The van der Waals surface area contributed by atoms with Crippen molar-refractivity contribution in [3.63, 3.8) is 0 Å². The van der Waals surface area contributed by atoms with Crippen LogP contribution in [0.4, 0.5) is 21.6 Å². The monoisotopic (exact) mass is 724 g/mol. The first-order valence-corrected chi connectivity index (χ1v) is 17.8. The fraction of sp³-hybridized carbons (Fsp3) is 0.378. The summed E-state index contributed by atoms with van der Waals surface area (Å²) in [5, 5.41) is 18.8. The molecule has 53 heavy (non-hydrogen) atoms. The predicted molar refractivity (Wildman–Crippen MR) is 196 cm³/mol. The first kappa shape index (κ1) is 35.3. The molecule has 0 bridgehead atoms. The molecule has 1 unspecified atom stereocenters. The Labute approximate surface area is 303 Å². The molecule has 1 aliphatic heterocycles. The zero-order valence-corrected chi connectivity index (χ0v) is 29.4. The highest BCUT2D eigenvalue weighted by molar-refractivity contribution is 6.00. The Morgan fingerprint density at radius 3 is 2.58 bits per heavy atom. The summed E-state index contributed by atoms with van der Waals surface area (Å²) >= 11 is 0. The van der Waals surface area contributed by atoms with Gasteiger partial charge in [-0.1, -0.05) is 25.0 Å². The molecule has 1 saturated carbocycles. The Morgan fingerprint density at radius 1 is 1.00 bits per heavy atom. The Balaban J connectivity index is 0.888. The van der Waals surface area contributed by atoms with Crippen molar-refractivity contribution in [1.82, 2.24) is 39.7 Å². The molecule has 3 aromatic heterocycles. The van der Waals surface area contributed by atoms with Crippen LogP contribution in [0.3, 0.4) is 0 Å². The van der Waals surface area contributed by atoms with Gasteiger partial charge in [0.1, 0.15) is 12.2 Å². The van der Waals surface area contributed by atoms with Gasteiger partial charge < -0.3 is 21.3 Å². The molecule has 0 radical (unpaired) electrons. The molecule has 16 heteroatoms. The number of aromatic nitrogens is 5. The number of unbranched alkanes of at least 4 members (excludes halogenated alkanes) is 3. The largest absolute Gasteiger partial charge is 0.385 e. The van der Waals surface area contributed by atoms with Crippen molar-refractivity contribution < 1.29 is 23.6 Å². The predicted octanol–water partition coefficient (Wildman–Crippen LogP) is 3.52. The van der Waals surface area contributed by atoms with E-state index in [9.17, 15) is 28.4 Å². The van der Waals surface area contributed by atoms with E-state index < -0.39 is 30.1 Å². The lowest BCUT2D eigenvalue weighted by atomic mass is 10.0. The maximum Gasteiger partial charge on any atom is 0.329 e. The molecule has 2 fully saturated rings. The van der Waals surface area contributed by atoms with Crippen molar-refractivity contribution in [2.75, 3.05) is 24.2 Å². The number of nitrogens with zero attached hydrogens (tertiary/aromatic N) is 5. The molecule has 276 valence electrons. The highest BCUT2D eigenvalue weighted by Gasteiger charge is 2.39. The van der Waals surface area contributed by atoms with Crippen molar-refractivity contribution >= 4 is 57.5 Å². The van der Waals surface area contributed by atoms with Gasteiger partial charge in [-0.25, -0.2) is 18.7 Å². The topological polar surface area (TPSA) is 186 Å². The van der Waals surface area contributed by atoms with E-state index in [-0.39, 0.29) is 29.6 Å². The molecule has 0 spiro atoms. The molecule has 4 heterocycles. The van der Waals surface area contributed by atoms with E-state index in [0.29, 0.717) is 53.3 Å². The molecule has 2 aromatic carbocycles. The molecule has 3 atom stereocenters. The van der Waals surface area contributed by atoms with Crippen LogP contribution in [0.5, 0.6) is 0 Å². The number of halogens is 1. The van der Waals surface area contributed by atoms with Crippen LogP contribution in [0.1, 0.15) is 77.4 Å². The van der Waals surface area contributed by atoms with Crippen LogP contribution < -0.4 is 32.3 Å². The lowest BCUT2D eigenvalue weighted by molar-refractivity contribution is -0.135. The Bertz CT molecular complexity index is 2290. The van der Waals surface area contributed by atoms with Gasteiger partial charge >= 0.3 is 5.69 Å². The molecule has 7 rings (SSSR count). The standard InChI is InChI=1S/C37H41FN10O5/c1-39-26-19-31(45-48-30(20-41-33(26)48)36(52)43-25-18-24(25)38)42-23-10-7-9-22(17-23)34(50)40-15-6-4-3-5-8-21-11-12-27-29(16-21)46(2)37(53)47(27)28-13-14-32(49)44-35(28)51/h7,9-12,16-17,19-20,24-25,28,39H,3-6,8,13-15,18H2,1-2H3,(H,40,50)(H,42,45)(H,43,52)(H,44,49,51)/t24-,25+,28?/m0/s1. The van der Waals surface area contributed by atoms with Crippen LogP contribution in [-0.4, -0.2) is 73.2 Å². The van der Waals surface area contributed by atoms with Gasteiger partial charge in [0, 0.05) is 50.8 Å². The molecule has 5 N–H and O–H groups in total. The number of anilines is 3. The number of imide groups is 1. The first-order valence-electron chi connectivity index (χ1n) is 17.8. The number of rotatable bonds is 14. The van der Waals surface area contributed by atoms with Gasteiger partial charge in [-0.3, -0.25) is 33.6 Å². The van der Waals surface area contributed by atoms with Gasteiger partial charge in [-0.15, -0.1) is 5.10 Å². The number of carbonyl (C=O) groups excluding carboxylic acids is 4. The Kier molecular flexibility index (Phi) is 9.93.